The number of halogens is 1. The van der Waals surface area contributed by atoms with E-state index in [2.05, 4.69) is 5.32 Å². The van der Waals surface area contributed by atoms with Gasteiger partial charge in [-0.3, -0.25) is 4.79 Å². The number of hydrogen-bond acceptors (Lipinski definition) is 5. The van der Waals surface area contributed by atoms with Gasteiger partial charge in [-0.25, -0.2) is 13.2 Å². The Bertz CT molecular complexity index is 1050. The van der Waals surface area contributed by atoms with Crippen LogP contribution in [0.15, 0.2) is 47.4 Å². The molecule has 1 aliphatic heterocycles. The van der Waals surface area contributed by atoms with Crippen LogP contribution in [0, 0.1) is 12.8 Å². The molecule has 1 amide bonds. The molecule has 0 bridgehead atoms. The molecule has 0 aliphatic carbocycles. The molecule has 1 aliphatic rings. The van der Waals surface area contributed by atoms with E-state index in [1.807, 2.05) is 0 Å². The Hall–Kier alpha value is -2.42. The molecular weight excluding hydrogens is 428 g/mol. The lowest BCUT2D eigenvalue weighted by molar-refractivity contribution is -0.120. The second-order valence-corrected chi connectivity index (χ2v) is 9.48. The fraction of sp³-hybridized carbons (Fsp3) is 0.333. The molecule has 0 unspecified atom stereocenters. The van der Waals surface area contributed by atoms with Gasteiger partial charge in [0.1, 0.15) is 0 Å². The molecule has 9 heteroatoms. The van der Waals surface area contributed by atoms with Crippen molar-refractivity contribution in [2.45, 2.75) is 24.7 Å². The minimum Gasteiger partial charge on any atom is -0.465 e. The van der Waals surface area contributed by atoms with Gasteiger partial charge in [0.2, 0.25) is 15.9 Å². The van der Waals surface area contributed by atoms with Crippen LogP contribution in [0.25, 0.3) is 0 Å². The summed E-state index contributed by atoms with van der Waals surface area (Å²) in [6.07, 6.45) is 0.774. The third-order valence-electron chi connectivity index (χ3n) is 5.20. The number of benzene rings is 2. The molecule has 160 valence electrons. The zero-order chi connectivity index (χ0) is 21.9. The predicted octanol–water partition coefficient (Wildman–Crippen LogP) is 3.47. The minimum absolute atomic E-state index is 0.178. The van der Waals surface area contributed by atoms with Crippen LogP contribution in [-0.2, 0) is 19.6 Å². The number of anilines is 1. The maximum atomic E-state index is 12.8. The first kappa shape index (κ1) is 22.3. The topological polar surface area (TPSA) is 92.8 Å². The highest BCUT2D eigenvalue weighted by atomic mass is 35.5. The van der Waals surface area contributed by atoms with Crippen LogP contribution >= 0.6 is 11.6 Å². The highest BCUT2D eigenvalue weighted by Crippen LogP contribution is 2.27. The highest BCUT2D eigenvalue weighted by Gasteiger charge is 2.32. The number of carbonyl (C=O) groups excluding carboxylic acids is 2. The Morgan fingerprint density at radius 2 is 1.73 bits per heavy atom. The summed E-state index contributed by atoms with van der Waals surface area (Å²) in [6, 6.07) is 11.2. The lowest BCUT2D eigenvalue weighted by atomic mass is 9.96. The van der Waals surface area contributed by atoms with Gasteiger partial charge >= 0.3 is 5.97 Å². The summed E-state index contributed by atoms with van der Waals surface area (Å²) in [5, 5.41) is 3.27. The van der Waals surface area contributed by atoms with Crippen LogP contribution in [0.4, 0.5) is 5.69 Å². The van der Waals surface area contributed by atoms with Crippen molar-refractivity contribution in [3.05, 3.63) is 58.6 Å². The van der Waals surface area contributed by atoms with Crippen LogP contribution in [0.2, 0.25) is 5.02 Å². The van der Waals surface area contributed by atoms with Crippen LogP contribution in [0.3, 0.4) is 0 Å². The van der Waals surface area contributed by atoms with Gasteiger partial charge in [0.25, 0.3) is 0 Å². The number of carbonyl (C=O) groups is 2. The van der Waals surface area contributed by atoms with E-state index in [-0.39, 0.29) is 29.8 Å². The Morgan fingerprint density at radius 1 is 1.10 bits per heavy atom. The zero-order valence-corrected chi connectivity index (χ0v) is 18.3. The van der Waals surface area contributed by atoms with Crippen LogP contribution in [0.5, 0.6) is 0 Å². The van der Waals surface area contributed by atoms with Crippen molar-refractivity contribution in [3.8, 4) is 0 Å². The fourth-order valence-corrected chi connectivity index (χ4v) is 5.09. The van der Waals surface area contributed by atoms with Crippen molar-refractivity contribution in [1.82, 2.24) is 4.31 Å². The van der Waals surface area contributed by atoms with Gasteiger partial charge < -0.3 is 10.1 Å². The molecule has 0 saturated carbocycles. The van der Waals surface area contributed by atoms with Crippen LogP contribution in [-0.4, -0.2) is 44.8 Å². The van der Waals surface area contributed by atoms with E-state index in [4.69, 9.17) is 16.3 Å². The van der Waals surface area contributed by atoms with Crippen molar-refractivity contribution in [2.75, 3.05) is 25.5 Å². The first-order chi connectivity index (χ1) is 14.2. The zero-order valence-electron chi connectivity index (χ0n) is 16.7. The highest BCUT2D eigenvalue weighted by molar-refractivity contribution is 7.89. The second kappa shape index (κ2) is 9.16. The number of ether oxygens (including phenoxy) is 1. The minimum atomic E-state index is -3.63. The average molecular weight is 451 g/mol. The van der Waals surface area contributed by atoms with Gasteiger partial charge in [-0.15, -0.1) is 0 Å². The molecule has 1 saturated heterocycles. The Balaban J connectivity index is 1.67. The first-order valence-corrected chi connectivity index (χ1v) is 11.3. The summed E-state index contributed by atoms with van der Waals surface area (Å²) in [5.74, 6) is -1.12. The Labute approximate surface area is 181 Å². The van der Waals surface area contributed by atoms with Gasteiger partial charge in [-0.2, -0.15) is 4.31 Å². The van der Waals surface area contributed by atoms with Gasteiger partial charge in [-0.1, -0.05) is 23.7 Å². The SMILES string of the molecule is COC(=O)c1c(C)cccc1NC(=O)C1CCN(S(=O)(=O)c2ccc(Cl)cc2)CC1. The standard InChI is InChI=1S/C21H23ClN2O5S/c1-14-4-3-5-18(19(14)21(26)29-2)23-20(25)15-10-12-24(13-11-15)30(27,28)17-8-6-16(22)7-9-17/h3-9,15H,10-13H2,1-2H3,(H,23,25). The molecule has 3 rings (SSSR count). The molecule has 1 heterocycles. The molecule has 1 N–H and O–H groups in total. The van der Waals surface area contributed by atoms with Crippen molar-refractivity contribution >= 4 is 39.2 Å². The molecule has 0 aromatic heterocycles. The van der Waals surface area contributed by atoms with Crippen molar-refractivity contribution in [1.29, 1.82) is 0 Å². The van der Waals surface area contributed by atoms with Gasteiger partial charge in [-0.05, 0) is 55.7 Å². The molecule has 0 spiro atoms. The molecular formula is C21H23ClN2O5S. The number of nitrogens with one attached hydrogen (secondary N) is 1. The maximum absolute atomic E-state index is 12.8. The van der Waals surface area contributed by atoms with Gasteiger partial charge in [0, 0.05) is 24.0 Å². The third kappa shape index (κ3) is 4.66. The van der Waals surface area contributed by atoms with Crippen molar-refractivity contribution < 1.29 is 22.7 Å². The molecule has 7 nitrogen and oxygen atoms in total. The van der Waals surface area contributed by atoms with E-state index in [0.29, 0.717) is 34.7 Å². The Kier molecular flexibility index (Phi) is 6.80. The summed E-state index contributed by atoms with van der Waals surface area (Å²) in [4.78, 5) is 25.0. The first-order valence-electron chi connectivity index (χ1n) is 9.48. The molecule has 30 heavy (non-hydrogen) atoms. The Morgan fingerprint density at radius 3 is 2.33 bits per heavy atom. The molecule has 2 aromatic rings. The van der Waals surface area contributed by atoms with E-state index in [1.54, 1.807) is 25.1 Å². The molecule has 1 fully saturated rings. The number of sulfonamides is 1. The predicted molar refractivity (Wildman–Crippen MR) is 114 cm³/mol. The smallest absolute Gasteiger partial charge is 0.340 e. The number of nitrogens with zero attached hydrogens (tertiary/aromatic N) is 1. The molecule has 0 radical (unpaired) electrons. The van der Waals surface area contributed by atoms with E-state index in [0.717, 1.165) is 0 Å². The number of amides is 1. The summed E-state index contributed by atoms with van der Waals surface area (Å²) in [6.45, 7) is 2.24. The van der Waals surface area contributed by atoms with E-state index >= 15 is 0 Å². The maximum Gasteiger partial charge on any atom is 0.340 e. The van der Waals surface area contributed by atoms with E-state index < -0.39 is 16.0 Å². The summed E-state index contributed by atoms with van der Waals surface area (Å²) in [5.41, 5.74) is 1.41. The molecule has 2 aromatic carbocycles. The summed E-state index contributed by atoms with van der Waals surface area (Å²) >= 11 is 5.84. The van der Waals surface area contributed by atoms with Gasteiger partial charge in [0.15, 0.2) is 0 Å². The number of rotatable bonds is 5. The lowest BCUT2D eigenvalue weighted by Gasteiger charge is -2.30. The van der Waals surface area contributed by atoms with E-state index in [9.17, 15) is 18.0 Å². The lowest BCUT2D eigenvalue weighted by Crippen LogP contribution is -2.41. The number of methoxy groups -OCH3 is 1. The average Bonchev–Trinajstić information content (AvgIpc) is 2.74. The summed E-state index contributed by atoms with van der Waals surface area (Å²) < 4.78 is 31.8. The quantitative estimate of drug-likeness (QED) is 0.704. The number of hydrogen-bond donors (Lipinski definition) is 1. The second-order valence-electron chi connectivity index (χ2n) is 7.11. The molecule has 0 atom stereocenters. The third-order valence-corrected chi connectivity index (χ3v) is 7.36. The number of esters is 1. The van der Waals surface area contributed by atoms with Crippen LogP contribution in [0.1, 0.15) is 28.8 Å². The monoisotopic (exact) mass is 450 g/mol. The largest absolute Gasteiger partial charge is 0.465 e. The number of aryl methyl sites for hydroxylation is 1. The number of piperidine rings is 1. The summed E-state index contributed by atoms with van der Waals surface area (Å²) in [7, 11) is -2.34. The van der Waals surface area contributed by atoms with Crippen molar-refractivity contribution in [2.24, 2.45) is 5.92 Å². The normalized spacial score (nSPS) is 15.6. The van der Waals surface area contributed by atoms with Gasteiger partial charge in [0.05, 0.1) is 23.3 Å². The fourth-order valence-electron chi connectivity index (χ4n) is 3.49. The van der Waals surface area contributed by atoms with E-state index in [1.165, 1.54) is 35.7 Å². The van der Waals surface area contributed by atoms with Crippen LogP contribution < -0.4 is 5.32 Å². The van der Waals surface area contributed by atoms with Crippen molar-refractivity contribution in [3.63, 3.8) is 0 Å².